The lowest BCUT2D eigenvalue weighted by molar-refractivity contribution is -0.253. The molecule has 0 aliphatic carbocycles. The zero-order chi connectivity index (χ0) is 17.7. The molecular weight excluding hydrogens is 334 g/mol. The molecule has 1 aromatic carbocycles. The molecule has 130 valence electrons. The van der Waals surface area contributed by atoms with E-state index in [1.165, 1.54) is 18.2 Å². The molecule has 0 bridgehead atoms. The topological polar surface area (TPSA) is 77.2 Å². The van der Waals surface area contributed by atoms with Gasteiger partial charge < -0.3 is 14.6 Å². The molecule has 24 heavy (non-hydrogen) atoms. The molecule has 0 atom stereocenters. The van der Waals surface area contributed by atoms with Gasteiger partial charge in [0.25, 0.3) is 5.91 Å². The molecule has 0 unspecified atom stereocenters. The molecule has 0 saturated carbocycles. The van der Waals surface area contributed by atoms with Gasteiger partial charge in [-0.2, -0.15) is 22.5 Å². The van der Waals surface area contributed by atoms with Crippen LogP contribution in [0.1, 0.15) is 29.0 Å². The van der Waals surface area contributed by atoms with E-state index in [9.17, 15) is 22.4 Å². The first-order valence-corrected chi connectivity index (χ1v) is 6.87. The lowest BCUT2D eigenvalue weighted by Crippen LogP contribution is -2.34. The van der Waals surface area contributed by atoms with Crippen molar-refractivity contribution in [3.05, 3.63) is 41.5 Å². The van der Waals surface area contributed by atoms with Crippen LogP contribution in [0.3, 0.4) is 0 Å². The van der Waals surface area contributed by atoms with E-state index < -0.39 is 24.2 Å². The second-order valence-electron chi connectivity index (χ2n) is 4.60. The van der Waals surface area contributed by atoms with Crippen molar-refractivity contribution in [2.45, 2.75) is 32.4 Å². The van der Waals surface area contributed by atoms with Crippen LogP contribution < -0.4 is 10.1 Å². The molecule has 10 heteroatoms. The second-order valence-corrected chi connectivity index (χ2v) is 4.60. The lowest BCUT2D eigenvalue weighted by Gasteiger charge is -2.18. The van der Waals surface area contributed by atoms with Crippen molar-refractivity contribution in [2.24, 2.45) is 0 Å². The number of aromatic nitrogens is 2. The summed E-state index contributed by atoms with van der Waals surface area (Å²) in [5, 5.41) is 5.98. The molecule has 0 saturated heterocycles. The number of nitrogens with one attached hydrogen (secondary N) is 1. The van der Waals surface area contributed by atoms with Crippen LogP contribution in [0.25, 0.3) is 0 Å². The first-order chi connectivity index (χ1) is 11.3. The number of aryl methyl sites for hydroxylation is 1. The summed E-state index contributed by atoms with van der Waals surface area (Å²) in [6.07, 6.45) is -8.22. The Morgan fingerprint density at radius 2 is 2.08 bits per heavy atom. The molecule has 2 aromatic rings. The predicted octanol–water partition coefficient (Wildman–Crippen LogP) is 2.80. The van der Waals surface area contributed by atoms with Crippen LogP contribution in [-0.4, -0.2) is 28.6 Å². The lowest BCUT2D eigenvalue weighted by atomic mass is 10.2. The van der Waals surface area contributed by atoms with Gasteiger partial charge in [0, 0.05) is 6.42 Å². The van der Waals surface area contributed by atoms with Crippen LogP contribution in [0.15, 0.2) is 28.8 Å². The number of carbonyl (C=O) groups excluding carboxylic acids is 1. The van der Waals surface area contributed by atoms with Gasteiger partial charge in [-0.3, -0.25) is 4.79 Å². The quantitative estimate of drug-likeness (QED) is 0.780. The number of hydrogen-bond donors (Lipinski definition) is 1. The molecule has 1 N–H and O–H groups in total. The van der Waals surface area contributed by atoms with Crippen molar-refractivity contribution in [1.29, 1.82) is 0 Å². The maximum atomic E-state index is 13.0. The number of para-hydroxylation sites is 1. The average Bonchev–Trinajstić information content (AvgIpc) is 3.00. The van der Waals surface area contributed by atoms with Crippen molar-refractivity contribution < 1.29 is 31.6 Å². The Balaban J connectivity index is 2.09. The molecule has 2 rings (SSSR count). The fourth-order valence-corrected chi connectivity index (χ4v) is 1.69. The molecular formula is C14H13F4N3O3. The zero-order valence-corrected chi connectivity index (χ0v) is 12.4. The van der Waals surface area contributed by atoms with E-state index in [2.05, 4.69) is 20.2 Å². The third-order valence-electron chi connectivity index (χ3n) is 2.85. The van der Waals surface area contributed by atoms with E-state index in [1.807, 2.05) is 0 Å². The monoisotopic (exact) mass is 347 g/mol. The summed E-state index contributed by atoms with van der Waals surface area (Å²) in [5.41, 5.74) is -0.322. The van der Waals surface area contributed by atoms with E-state index in [0.717, 1.165) is 6.07 Å². The van der Waals surface area contributed by atoms with Crippen molar-refractivity contribution in [2.75, 3.05) is 0 Å². The number of hydrogen-bond acceptors (Lipinski definition) is 5. The Kier molecular flexibility index (Phi) is 5.37. The largest absolute Gasteiger partial charge is 0.461 e. The van der Waals surface area contributed by atoms with Crippen LogP contribution in [0.5, 0.6) is 5.75 Å². The maximum Gasteiger partial charge on any atom is 0.461 e. The number of benzene rings is 1. The van der Waals surface area contributed by atoms with E-state index in [4.69, 9.17) is 4.52 Å². The fourth-order valence-electron chi connectivity index (χ4n) is 1.69. The van der Waals surface area contributed by atoms with Crippen LogP contribution in [-0.2, 0) is 13.0 Å². The normalized spacial score (nSPS) is 11.6. The highest BCUT2D eigenvalue weighted by atomic mass is 19.3. The highest BCUT2D eigenvalue weighted by Gasteiger charge is 2.44. The third-order valence-corrected chi connectivity index (χ3v) is 2.85. The first kappa shape index (κ1) is 17.7. The van der Waals surface area contributed by atoms with Gasteiger partial charge in [0.2, 0.25) is 5.89 Å². The number of ether oxygens (including phenoxy) is 1. The van der Waals surface area contributed by atoms with Crippen molar-refractivity contribution in [3.8, 4) is 5.75 Å². The number of carbonyl (C=O) groups is 1. The summed E-state index contributed by atoms with van der Waals surface area (Å²) in [4.78, 5) is 16.0. The Labute approximate surface area is 133 Å². The number of nitrogens with zero attached hydrogens (tertiary/aromatic N) is 2. The first-order valence-electron chi connectivity index (χ1n) is 6.87. The third kappa shape index (κ3) is 4.21. The summed E-state index contributed by atoms with van der Waals surface area (Å²) < 4.78 is 59.4. The van der Waals surface area contributed by atoms with Gasteiger partial charge in [-0.15, -0.1) is 0 Å². The molecule has 0 spiro atoms. The number of alkyl halides is 4. The molecule has 0 aliphatic heterocycles. The molecule has 0 aliphatic rings. The van der Waals surface area contributed by atoms with Gasteiger partial charge in [-0.25, -0.2) is 0 Å². The average molecular weight is 347 g/mol. The van der Waals surface area contributed by atoms with Crippen molar-refractivity contribution in [3.63, 3.8) is 0 Å². The SMILES string of the molecule is CCc1nc(CNC(=O)c2ccccc2OC(F)(F)C(F)F)no1. The van der Waals surface area contributed by atoms with Gasteiger partial charge >= 0.3 is 12.5 Å². The molecule has 0 radical (unpaired) electrons. The van der Waals surface area contributed by atoms with Gasteiger partial charge in [0.05, 0.1) is 12.1 Å². The van der Waals surface area contributed by atoms with Crippen LogP contribution in [0.2, 0.25) is 0 Å². The Morgan fingerprint density at radius 1 is 1.38 bits per heavy atom. The minimum atomic E-state index is -4.71. The molecule has 0 fully saturated rings. The smallest absolute Gasteiger partial charge is 0.427 e. The molecule has 1 aromatic heterocycles. The fraction of sp³-hybridized carbons (Fsp3) is 0.357. The summed E-state index contributed by atoms with van der Waals surface area (Å²) in [7, 11) is 0. The van der Waals surface area contributed by atoms with Gasteiger partial charge in [-0.1, -0.05) is 24.2 Å². The van der Waals surface area contributed by atoms with Crippen molar-refractivity contribution >= 4 is 5.91 Å². The van der Waals surface area contributed by atoms with Crippen LogP contribution >= 0.6 is 0 Å². The van der Waals surface area contributed by atoms with E-state index in [1.54, 1.807) is 6.92 Å². The van der Waals surface area contributed by atoms with Crippen LogP contribution in [0, 0.1) is 0 Å². The van der Waals surface area contributed by atoms with Gasteiger partial charge in [-0.05, 0) is 12.1 Å². The van der Waals surface area contributed by atoms with Crippen LogP contribution in [0.4, 0.5) is 17.6 Å². The number of halogens is 4. The second kappa shape index (κ2) is 7.28. The number of rotatable bonds is 7. The Hall–Kier alpha value is -2.65. The molecule has 6 nitrogen and oxygen atoms in total. The Bertz CT molecular complexity index is 706. The summed E-state index contributed by atoms with van der Waals surface area (Å²) in [6, 6.07) is 4.82. The Morgan fingerprint density at radius 3 is 2.71 bits per heavy atom. The van der Waals surface area contributed by atoms with E-state index in [0.29, 0.717) is 12.3 Å². The highest BCUT2D eigenvalue weighted by molar-refractivity contribution is 5.96. The van der Waals surface area contributed by atoms with Gasteiger partial charge in [0.15, 0.2) is 5.82 Å². The van der Waals surface area contributed by atoms with E-state index >= 15 is 0 Å². The number of amides is 1. The molecule has 1 heterocycles. The van der Waals surface area contributed by atoms with Crippen molar-refractivity contribution in [1.82, 2.24) is 15.5 Å². The summed E-state index contributed by atoms with van der Waals surface area (Å²) in [6.45, 7) is 1.68. The minimum Gasteiger partial charge on any atom is -0.427 e. The minimum absolute atomic E-state index is 0.123. The highest BCUT2D eigenvalue weighted by Crippen LogP contribution is 2.29. The molecule has 1 amide bonds. The standard InChI is InChI=1S/C14H13F4N3O3/c1-2-11-20-10(21-24-11)7-19-12(22)8-5-3-4-6-9(8)23-14(17,18)13(15)16/h3-6,13H,2,7H2,1H3,(H,19,22). The van der Waals surface area contributed by atoms with E-state index in [-0.39, 0.29) is 17.9 Å². The summed E-state index contributed by atoms with van der Waals surface area (Å²) >= 11 is 0. The zero-order valence-electron chi connectivity index (χ0n) is 12.4. The predicted molar refractivity (Wildman–Crippen MR) is 72.9 cm³/mol. The van der Waals surface area contributed by atoms with Gasteiger partial charge in [0.1, 0.15) is 5.75 Å². The maximum absolute atomic E-state index is 13.0. The summed E-state index contributed by atoms with van der Waals surface area (Å²) in [5.74, 6) is -0.905.